The largest absolute Gasteiger partial charge is 0.496 e. The number of carbonyl (C=O) groups is 1. The van der Waals surface area contributed by atoms with Gasteiger partial charge < -0.3 is 14.8 Å². The number of nitriles is 1. The maximum absolute atomic E-state index is 11.9. The van der Waals surface area contributed by atoms with E-state index in [1.165, 1.54) is 6.08 Å². The van der Waals surface area contributed by atoms with E-state index >= 15 is 0 Å². The number of benzene rings is 2. The van der Waals surface area contributed by atoms with Gasteiger partial charge in [-0.05, 0) is 29.8 Å². The number of hydrogen-bond acceptors (Lipinski definition) is 4. The number of methoxy groups -OCH3 is 1. The van der Waals surface area contributed by atoms with Gasteiger partial charge in [0.25, 0.3) is 0 Å². The van der Waals surface area contributed by atoms with Crippen LogP contribution in [0, 0.1) is 11.3 Å². The highest BCUT2D eigenvalue weighted by molar-refractivity contribution is 5.91. The molecule has 24 heavy (non-hydrogen) atoms. The average Bonchev–Trinajstić information content (AvgIpc) is 2.64. The first-order valence-electron chi connectivity index (χ1n) is 7.40. The summed E-state index contributed by atoms with van der Waals surface area (Å²) >= 11 is 0. The fourth-order valence-electron chi connectivity index (χ4n) is 2.05. The molecule has 0 heterocycles. The van der Waals surface area contributed by atoms with Crippen molar-refractivity contribution in [2.24, 2.45) is 0 Å². The monoisotopic (exact) mass is 322 g/mol. The first-order valence-corrected chi connectivity index (χ1v) is 7.40. The van der Waals surface area contributed by atoms with Crippen molar-refractivity contribution in [1.82, 2.24) is 5.32 Å². The van der Waals surface area contributed by atoms with E-state index in [0.29, 0.717) is 12.3 Å². The lowest BCUT2D eigenvalue weighted by Gasteiger charge is -2.08. The van der Waals surface area contributed by atoms with Crippen molar-refractivity contribution in [2.75, 3.05) is 13.7 Å². The van der Waals surface area contributed by atoms with Crippen LogP contribution in [-0.2, 0) is 11.3 Å². The van der Waals surface area contributed by atoms with E-state index in [1.54, 1.807) is 25.3 Å². The summed E-state index contributed by atoms with van der Waals surface area (Å²) in [7, 11) is 1.60. The molecule has 1 N–H and O–H groups in total. The third-order valence-corrected chi connectivity index (χ3v) is 3.26. The molecule has 2 aromatic rings. The summed E-state index contributed by atoms with van der Waals surface area (Å²) in [6.07, 6.45) is 3.19. The summed E-state index contributed by atoms with van der Waals surface area (Å²) in [6.45, 7) is 0.411. The standard InChI is InChI=1S/C19H18N2O3/c1-23-18-5-3-2-4-16(18)14-21-19(22)11-8-15-6-9-17(10-7-15)24-13-12-20/h2-11H,13-14H2,1H3,(H,21,22)/b11-8+. The number of para-hydroxylation sites is 1. The molecular weight excluding hydrogens is 304 g/mol. The molecule has 2 aromatic carbocycles. The molecule has 5 heteroatoms. The van der Waals surface area contributed by atoms with Crippen LogP contribution in [-0.4, -0.2) is 19.6 Å². The van der Waals surface area contributed by atoms with Crippen LogP contribution in [0.2, 0.25) is 0 Å². The predicted molar refractivity (Wildman–Crippen MR) is 91.4 cm³/mol. The van der Waals surface area contributed by atoms with Gasteiger partial charge in [-0.15, -0.1) is 0 Å². The number of carbonyl (C=O) groups excluding carboxylic acids is 1. The normalized spacial score (nSPS) is 10.2. The highest BCUT2D eigenvalue weighted by Crippen LogP contribution is 2.16. The molecule has 0 saturated heterocycles. The van der Waals surface area contributed by atoms with E-state index < -0.39 is 0 Å². The zero-order valence-electron chi connectivity index (χ0n) is 13.4. The molecule has 0 bridgehead atoms. The molecule has 0 aliphatic rings. The molecule has 0 aromatic heterocycles. The van der Waals surface area contributed by atoms with Crippen LogP contribution >= 0.6 is 0 Å². The van der Waals surface area contributed by atoms with Crippen molar-refractivity contribution in [3.8, 4) is 17.6 Å². The minimum Gasteiger partial charge on any atom is -0.496 e. The Morgan fingerprint density at radius 2 is 1.96 bits per heavy atom. The lowest BCUT2D eigenvalue weighted by molar-refractivity contribution is -0.116. The van der Waals surface area contributed by atoms with Gasteiger partial charge in [-0.2, -0.15) is 5.26 Å². The third kappa shape index (κ3) is 5.18. The average molecular weight is 322 g/mol. The fourth-order valence-corrected chi connectivity index (χ4v) is 2.05. The van der Waals surface area contributed by atoms with Crippen molar-refractivity contribution in [1.29, 1.82) is 5.26 Å². The summed E-state index contributed by atoms with van der Waals surface area (Å²) < 4.78 is 10.4. The SMILES string of the molecule is COc1ccccc1CNC(=O)/C=C/c1ccc(OCC#N)cc1. The molecule has 0 unspecified atom stereocenters. The first kappa shape index (κ1) is 17.1. The molecule has 0 atom stereocenters. The highest BCUT2D eigenvalue weighted by Gasteiger charge is 2.02. The Morgan fingerprint density at radius 3 is 2.67 bits per heavy atom. The van der Waals surface area contributed by atoms with E-state index in [2.05, 4.69) is 5.32 Å². The van der Waals surface area contributed by atoms with E-state index in [0.717, 1.165) is 16.9 Å². The van der Waals surface area contributed by atoms with Gasteiger partial charge in [-0.3, -0.25) is 4.79 Å². The Balaban J connectivity index is 1.87. The number of hydrogen-bond donors (Lipinski definition) is 1. The molecule has 122 valence electrons. The molecule has 5 nitrogen and oxygen atoms in total. The van der Waals surface area contributed by atoms with Crippen LogP contribution < -0.4 is 14.8 Å². The van der Waals surface area contributed by atoms with Gasteiger partial charge in [0.15, 0.2) is 6.61 Å². The van der Waals surface area contributed by atoms with Crippen LogP contribution in [0.25, 0.3) is 6.08 Å². The number of ether oxygens (including phenoxy) is 2. The van der Waals surface area contributed by atoms with Crippen LogP contribution in [0.3, 0.4) is 0 Å². The molecule has 0 spiro atoms. The second kappa shape index (κ2) is 9.01. The zero-order chi connectivity index (χ0) is 17.2. The molecule has 0 fully saturated rings. The molecule has 2 rings (SSSR count). The smallest absolute Gasteiger partial charge is 0.244 e. The predicted octanol–water partition coefficient (Wildman–Crippen LogP) is 2.93. The zero-order valence-corrected chi connectivity index (χ0v) is 13.4. The Morgan fingerprint density at radius 1 is 1.21 bits per heavy atom. The summed E-state index contributed by atoms with van der Waals surface area (Å²) in [6, 6.07) is 16.6. The highest BCUT2D eigenvalue weighted by atomic mass is 16.5. The van der Waals surface area contributed by atoms with Gasteiger partial charge in [-0.25, -0.2) is 0 Å². The van der Waals surface area contributed by atoms with Crippen LogP contribution in [0.5, 0.6) is 11.5 Å². The van der Waals surface area contributed by atoms with Crippen molar-refractivity contribution in [3.63, 3.8) is 0 Å². The van der Waals surface area contributed by atoms with Gasteiger partial charge in [0.1, 0.15) is 17.6 Å². The van der Waals surface area contributed by atoms with Gasteiger partial charge in [-0.1, -0.05) is 30.3 Å². The van der Waals surface area contributed by atoms with Crippen molar-refractivity contribution < 1.29 is 14.3 Å². The number of amides is 1. The second-order valence-corrected chi connectivity index (χ2v) is 4.88. The van der Waals surface area contributed by atoms with Crippen LogP contribution in [0.4, 0.5) is 0 Å². The van der Waals surface area contributed by atoms with Crippen LogP contribution in [0.1, 0.15) is 11.1 Å². The molecule has 0 radical (unpaired) electrons. The third-order valence-electron chi connectivity index (χ3n) is 3.26. The lowest BCUT2D eigenvalue weighted by Crippen LogP contribution is -2.20. The number of nitrogens with one attached hydrogen (secondary N) is 1. The molecule has 0 aliphatic heterocycles. The van der Waals surface area contributed by atoms with Crippen molar-refractivity contribution in [3.05, 3.63) is 65.7 Å². The lowest BCUT2D eigenvalue weighted by atomic mass is 10.2. The summed E-state index contributed by atoms with van der Waals surface area (Å²) in [5, 5.41) is 11.3. The fraction of sp³-hybridized carbons (Fsp3) is 0.158. The van der Waals surface area contributed by atoms with Crippen LogP contribution in [0.15, 0.2) is 54.6 Å². The Labute approximate surface area is 141 Å². The summed E-state index contributed by atoms with van der Waals surface area (Å²) in [5.41, 5.74) is 1.78. The Kier molecular flexibility index (Phi) is 6.42. The first-order chi connectivity index (χ1) is 11.7. The number of rotatable bonds is 7. The summed E-state index contributed by atoms with van der Waals surface area (Å²) in [5.74, 6) is 1.18. The molecule has 0 aliphatic carbocycles. The van der Waals surface area contributed by atoms with Gasteiger partial charge in [0.05, 0.1) is 7.11 Å². The van der Waals surface area contributed by atoms with E-state index in [9.17, 15) is 4.79 Å². The Bertz CT molecular complexity index is 746. The van der Waals surface area contributed by atoms with E-state index in [4.69, 9.17) is 14.7 Å². The molecule has 0 saturated carbocycles. The van der Waals surface area contributed by atoms with E-state index in [1.807, 2.05) is 42.5 Å². The maximum atomic E-state index is 11.9. The number of nitrogens with zero attached hydrogens (tertiary/aromatic N) is 1. The minimum atomic E-state index is -0.189. The van der Waals surface area contributed by atoms with Crippen molar-refractivity contribution >= 4 is 12.0 Å². The minimum absolute atomic E-state index is 0.0144. The molecular formula is C19H18N2O3. The van der Waals surface area contributed by atoms with Gasteiger partial charge >= 0.3 is 0 Å². The van der Waals surface area contributed by atoms with Crippen molar-refractivity contribution in [2.45, 2.75) is 6.54 Å². The van der Waals surface area contributed by atoms with Gasteiger partial charge in [0.2, 0.25) is 5.91 Å². The van der Waals surface area contributed by atoms with Gasteiger partial charge in [0, 0.05) is 18.2 Å². The van der Waals surface area contributed by atoms with E-state index in [-0.39, 0.29) is 12.5 Å². The quantitative estimate of drug-likeness (QED) is 0.796. The maximum Gasteiger partial charge on any atom is 0.244 e. The topological polar surface area (TPSA) is 71.3 Å². The Hall–Kier alpha value is -3.26. The second-order valence-electron chi connectivity index (χ2n) is 4.88. The summed E-state index contributed by atoms with van der Waals surface area (Å²) in [4.78, 5) is 11.9. The molecule has 1 amide bonds.